The lowest BCUT2D eigenvalue weighted by atomic mass is 10.1. The standard InChI is InChI=1S/C13H12N2O2/c16-13(17)12-7-15(8-14-12)11-5-4-9-2-1-3-10(9)6-11/h4-8H,1-3H2,(H,16,17). The molecule has 3 rings (SSSR count). The van der Waals surface area contributed by atoms with Crippen LogP contribution >= 0.6 is 0 Å². The van der Waals surface area contributed by atoms with E-state index in [-0.39, 0.29) is 5.69 Å². The Labute approximate surface area is 98.5 Å². The SMILES string of the molecule is O=C(O)c1cn(-c2ccc3c(c2)CCC3)cn1. The van der Waals surface area contributed by atoms with E-state index >= 15 is 0 Å². The summed E-state index contributed by atoms with van der Waals surface area (Å²) in [4.78, 5) is 14.6. The number of carboxylic acid groups (broad SMARTS) is 1. The van der Waals surface area contributed by atoms with Crippen molar-refractivity contribution < 1.29 is 9.90 Å². The van der Waals surface area contributed by atoms with E-state index in [0.29, 0.717) is 0 Å². The number of benzene rings is 1. The zero-order valence-electron chi connectivity index (χ0n) is 9.26. The quantitative estimate of drug-likeness (QED) is 0.856. The Morgan fingerprint density at radius 3 is 2.88 bits per heavy atom. The summed E-state index contributed by atoms with van der Waals surface area (Å²) >= 11 is 0. The van der Waals surface area contributed by atoms with Gasteiger partial charge >= 0.3 is 5.97 Å². The van der Waals surface area contributed by atoms with E-state index in [1.807, 2.05) is 6.07 Å². The molecule has 1 heterocycles. The minimum Gasteiger partial charge on any atom is -0.476 e. The lowest BCUT2D eigenvalue weighted by molar-refractivity contribution is 0.0691. The zero-order chi connectivity index (χ0) is 11.8. The first kappa shape index (κ1) is 10.1. The van der Waals surface area contributed by atoms with Crippen LogP contribution in [0.2, 0.25) is 0 Å². The van der Waals surface area contributed by atoms with Gasteiger partial charge in [-0.05, 0) is 42.5 Å². The molecule has 1 aromatic carbocycles. The zero-order valence-corrected chi connectivity index (χ0v) is 9.26. The Kier molecular flexibility index (Phi) is 2.21. The van der Waals surface area contributed by atoms with E-state index in [9.17, 15) is 4.79 Å². The molecule has 0 atom stereocenters. The fraction of sp³-hybridized carbons (Fsp3) is 0.231. The normalized spacial score (nSPS) is 13.6. The minimum absolute atomic E-state index is 0.0745. The Hall–Kier alpha value is -2.10. The van der Waals surface area contributed by atoms with Crippen LogP contribution < -0.4 is 0 Å². The highest BCUT2D eigenvalue weighted by molar-refractivity contribution is 5.85. The van der Waals surface area contributed by atoms with E-state index in [2.05, 4.69) is 17.1 Å². The van der Waals surface area contributed by atoms with E-state index in [1.165, 1.54) is 17.5 Å². The van der Waals surface area contributed by atoms with Crippen LogP contribution in [0.25, 0.3) is 5.69 Å². The Morgan fingerprint density at radius 2 is 2.12 bits per heavy atom. The first-order valence-electron chi connectivity index (χ1n) is 5.63. The highest BCUT2D eigenvalue weighted by Crippen LogP contribution is 2.24. The van der Waals surface area contributed by atoms with Crippen LogP contribution in [0.3, 0.4) is 0 Å². The third kappa shape index (κ3) is 1.71. The molecule has 1 aromatic heterocycles. The summed E-state index contributed by atoms with van der Waals surface area (Å²) < 4.78 is 1.75. The van der Waals surface area contributed by atoms with Crippen LogP contribution in [0.5, 0.6) is 0 Å². The van der Waals surface area contributed by atoms with Gasteiger partial charge in [0.15, 0.2) is 5.69 Å². The van der Waals surface area contributed by atoms with Crippen molar-refractivity contribution in [3.05, 3.63) is 47.5 Å². The monoisotopic (exact) mass is 228 g/mol. The fourth-order valence-electron chi connectivity index (χ4n) is 2.29. The van der Waals surface area contributed by atoms with Gasteiger partial charge < -0.3 is 9.67 Å². The number of aromatic carboxylic acids is 1. The number of carbonyl (C=O) groups is 1. The molecule has 86 valence electrons. The lowest BCUT2D eigenvalue weighted by Gasteiger charge is -2.05. The molecule has 0 radical (unpaired) electrons. The molecule has 2 aromatic rings. The molecule has 0 saturated carbocycles. The number of nitrogens with zero attached hydrogens (tertiary/aromatic N) is 2. The molecule has 1 aliphatic carbocycles. The number of hydrogen-bond acceptors (Lipinski definition) is 2. The summed E-state index contributed by atoms with van der Waals surface area (Å²) in [5, 5.41) is 8.82. The van der Waals surface area contributed by atoms with E-state index < -0.39 is 5.97 Å². The van der Waals surface area contributed by atoms with Crippen molar-refractivity contribution in [2.24, 2.45) is 0 Å². The van der Waals surface area contributed by atoms with Crippen molar-refractivity contribution in [1.82, 2.24) is 9.55 Å². The van der Waals surface area contributed by atoms with Gasteiger partial charge in [-0.3, -0.25) is 0 Å². The first-order valence-corrected chi connectivity index (χ1v) is 5.63. The van der Waals surface area contributed by atoms with E-state index in [0.717, 1.165) is 18.5 Å². The minimum atomic E-state index is -0.995. The number of fused-ring (bicyclic) bond motifs is 1. The van der Waals surface area contributed by atoms with E-state index in [1.54, 1.807) is 17.1 Å². The van der Waals surface area contributed by atoms with Crippen LogP contribution in [0, 0.1) is 0 Å². The van der Waals surface area contributed by atoms with Crippen molar-refractivity contribution in [1.29, 1.82) is 0 Å². The second kappa shape index (κ2) is 3.73. The Morgan fingerprint density at radius 1 is 1.29 bits per heavy atom. The maximum atomic E-state index is 10.8. The van der Waals surface area contributed by atoms with Crippen molar-refractivity contribution >= 4 is 5.97 Å². The van der Waals surface area contributed by atoms with E-state index in [4.69, 9.17) is 5.11 Å². The number of imidazole rings is 1. The van der Waals surface area contributed by atoms with Gasteiger partial charge in [0.2, 0.25) is 0 Å². The number of aryl methyl sites for hydroxylation is 2. The highest BCUT2D eigenvalue weighted by atomic mass is 16.4. The second-order valence-corrected chi connectivity index (χ2v) is 4.28. The predicted octanol–water partition coefficient (Wildman–Crippen LogP) is 2.06. The summed E-state index contributed by atoms with van der Waals surface area (Å²) in [5.74, 6) is -0.995. The van der Waals surface area contributed by atoms with Gasteiger partial charge in [-0.2, -0.15) is 0 Å². The fourth-order valence-corrected chi connectivity index (χ4v) is 2.29. The van der Waals surface area contributed by atoms with Crippen molar-refractivity contribution in [3.8, 4) is 5.69 Å². The van der Waals surface area contributed by atoms with Crippen molar-refractivity contribution in [2.75, 3.05) is 0 Å². The molecule has 4 heteroatoms. The predicted molar refractivity (Wildman–Crippen MR) is 62.5 cm³/mol. The van der Waals surface area contributed by atoms with Gasteiger partial charge in [-0.25, -0.2) is 9.78 Å². The highest BCUT2D eigenvalue weighted by Gasteiger charge is 2.12. The maximum absolute atomic E-state index is 10.8. The molecule has 0 fully saturated rings. The molecule has 1 aliphatic rings. The number of carboxylic acids is 1. The molecule has 0 bridgehead atoms. The summed E-state index contributed by atoms with van der Waals surface area (Å²) in [6.07, 6.45) is 6.56. The third-order valence-electron chi connectivity index (χ3n) is 3.18. The van der Waals surface area contributed by atoms with Gasteiger partial charge in [-0.15, -0.1) is 0 Å². The smallest absolute Gasteiger partial charge is 0.356 e. The molecule has 0 aliphatic heterocycles. The molecule has 1 N–H and O–H groups in total. The third-order valence-corrected chi connectivity index (χ3v) is 3.18. The first-order chi connectivity index (χ1) is 8.24. The van der Waals surface area contributed by atoms with Gasteiger partial charge in [-0.1, -0.05) is 6.07 Å². The van der Waals surface area contributed by atoms with Crippen molar-refractivity contribution in [3.63, 3.8) is 0 Å². The summed E-state index contributed by atoms with van der Waals surface area (Å²) in [5.41, 5.74) is 3.83. The van der Waals surface area contributed by atoms with Crippen LogP contribution in [-0.2, 0) is 12.8 Å². The van der Waals surface area contributed by atoms with Gasteiger partial charge in [0.1, 0.15) is 6.33 Å². The molecule has 4 nitrogen and oxygen atoms in total. The summed E-state index contributed by atoms with van der Waals surface area (Å²) in [7, 11) is 0. The van der Waals surface area contributed by atoms with Crippen LogP contribution in [0.15, 0.2) is 30.7 Å². The van der Waals surface area contributed by atoms with Gasteiger partial charge in [0, 0.05) is 11.9 Å². The van der Waals surface area contributed by atoms with Crippen LogP contribution in [0.4, 0.5) is 0 Å². The average Bonchev–Trinajstić information content (AvgIpc) is 2.97. The molecule has 17 heavy (non-hydrogen) atoms. The van der Waals surface area contributed by atoms with Crippen molar-refractivity contribution in [2.45, 2.75) is 19.3 Å². The molecule has 0 unspecified atom stereocenters. The molecule has 0 spiro atoms. The molecular formula is C13H12N2O2. The summed E-state index contributed by atoms with van der Waals surface area (Å²) in [6, 6.07) is 6.26. The topological polar surface area (TPSA) is 55.1 Å². The number of hydrogen-bond donors (Lipinski definition) is 1. The molecule has 0 saturated heterocycles. The second-order valence-electron chi connectivity index (χ2n) is 4.28. The average molecular weight is 228 g/mol. The summed E-state index contributed by atoms with van der Waals surface area (Å²) in [6.45, 7) is 0. The van der Waals surface area contributed by atoms with Crippen LogP contribution in [0.1, 0.15) is 28.0 Å². The molecule has 0 amide bonds. The Balaban J connectivity index is 2.00. The largest absolute Gasteiger partial charge is 0.476 e. The number of rotatable bonds is 2. The van der Waals surface area contributed by atoms with Gasteiger partial charge in [0.25, 0.3) is 0 Å². The number of aromatic nitrogens is 2. The lowest BCUT2D eigenvalue weighted by Crippen LogP contribution is -1.96. The van der Waals surface area contributed by atoms with Gasteiger partial charge in [0.05, 0.1) is 0 Å². The Bertz CT molecular complexity index is 587. The van der Waals surface area contributed by atoms with Crippen LogP contribution in [-0.4, -0.2) is 20.6 Å². The maximum Gasteiger partial charge on any atom is 0.356 e. The molecular weight excluding hydrogens is 216 g/mol.